The van der Waals surface area contributed by atoms with E-state index in [0.29, 0.717) is 35.4 Å². The van der Waals surface area contributed by atoms with Gasteiger partial charge in [0.05, 0.1) is 17.1 Å². The average Bonchev–Trinajstić information content (AvgIpc) is 3.08. The van der Waals surface area contributed by atoms with E-state index in [2.05, 4.69) is 46.4 Å². The van der Waals surface area contributed by atoms with E-state index >= 15 is 0 Å². The minimum absolute atomic E-state index is 0.0594. The molecule has 1 fully saturated rings. The lowest BCUT2D eigenvalue weighted by atomic mass is 10.1. The molecular formula is C25H27ClN4O2S. The summed E-state index contributed by atoms with van der Waals surface area (Å²) in [6, 6.07) is 15.5. The highest BCUT2D eigenvalue weighted by Gasteiger charge is 2.23. The highest BCUT2D eigenvalue weighted by atomic mass is 35.5. The Morgan fingerprint density at radius 2 is 1.94 bits per heavy atom. The molecule has 0 atom stereocenters. The average molecular weight is 483 g/mol. The Kier molecular flexibility index (Phi) is 7.75. The number of carbonyl (C=O) groups is 2. The molecule has 1 saturated heterocycles. The summed E-state index contributed by atoms with van der Waals surface area (Å²) in [7, 11) is 0. The lowest BCUT2D eigenvalue weighted by molar-refractivity contribution is -0.117. The SMILES string of the molecule is Cc1cccc(Cc2cnc(NC(=O)CN3CCCN(C(=O)c4ccccc4Cl)CC3)s2)c1. The number of rotatable bonds is 6. The molecule has 1 N–H and O–H groups in total. The third-order valence-electron chi connectivity index (χ3n) is 5.61. The van der Waals surface area contributed by atoms with Crippen LogP contribution in [0.5, 0.6) is 0 Å². The van der Waals surface area contributed by atoms with Crippen molar-refractivity contribution in [2.45, 2.75) is 19.8 Å². The Labute approximate surface area is 203 Å². The second-order valence-electron chi connectivity index (χ2n) is 8.25. The largest absolute Gasteiger partial charge is 0.337 e. The summed E-state index contributed by atoms with van der Waals surface area (Å²) >= 11 is 7.70. The minimum atomic E-state index is -0.0858. The van der Waals surface area contributed by atoms with Crippen LogP contribution in [0.1, 0.15) is 32.8 Å². The van der Waals surface area contributed by atoms with Crippen molar-refractivity contribution in [1.82, 2.24) is 14.8 Å². The second-order valence-corrected chi connectivity index (χ2v) is 9.77. The van der Waals surface area contributed by atoms with Crippen molar-refractivity contribution in [3.05, 3.63) is 81.3 Å². The van der Waals surface area contributed by atoms with Gasteiger partial charge in [-0.3, -0.25) is 14.5 Å². The van der Waals surface area contributed by atoms with Crippen molar-refractivity contribution in [2.24, 2.45) is 0 Å². The quantitative estimate of drug-likeness (QED) is 0.562. The van der Waals surface area contributed by atoms with Crippen molar-refractivity contribution in [2.75, 3.05) is 38.0 Å². The second kappa shape index (κ2) is 10.9. The van der Waals surface area contributed by atoms with Gasteiger partial charge in [0.1, 0.15) is 0 Å². The normalized spacial score (nSPS) is 14.7. The van der Waals surface area contributed by atoms with Crippen LogP contribution in [0.4, 0.5) is 5.13 Å². The van der Waals surface area contributed by atoms with Crippen LogP contribution in [0, 0.1) is 6.92 Å². The van der Waals surface area contributed by atoms with E-state index in [4.69, 9.17) is 11.6 Å². The molecule has 0 aliphatic carbocycles. The van der Waals surface area contributed by atoms with Crippen LogP contribution < -0.4 is 5.32 Å². The highest BCUT2D eigenvalue weighted by molar-refractivity contribution is 7.15. The number of anilines is 1. The van der Waals surface area contributed by atoms with Crippen LogP contribution in [-0.2, 0) is 11.2 Å². The first-order valence-corrected chi connectivity index (χ1v) is 12.2. The van der Waals surface area contributed by atoms with Gasteiger partial charge < -0.3 is 10.2 Å². The molecule has 2 heterocycles. The predicted octanol–water partition coefficient (Wildman–Crippen LogP) is 4.48. The van der Waals surface area contributed by atoms with Gasteiger partial charge in [-0.05, 0) is 31.0 Å². The molecule has 0 bridgehead atoms. The van der Waals surface area contributed by atoms with Crippen LogP contribution in [0.25, 0.3) is 0 Å². The van der Waals surface area contributed by atoms with E-state index in [-0.39, 0.29) is 18.4 Å². The number of nitrogens with one attached hydrogen (secondary N) is 1. The van der Waals surface area contributed by atoms with E-state index < -0.39 is 0 Å². The van der Waals surface area contributed by atoms with Gasteiger partial charge in [0.15, 0.2) is 5.13 Å². The zero-order valence-corrected chi connectivity index (χ0v) is 20.2. The Balaban J connectivity index is 1.27. The van der Waals surface area contributed by atoms with Gasteiger partial charge in [-0.15, -0.1) is 11.3 Å². The molecule has 2 amide bonds. The molecule has 0 radical (unpaired) electrons. The fourth-order valence-corrected chi connectivity index (χ4v) is 5.05. The summed E-state index contributed by atoms with van der Waals surface area (Å²) in [4.78, 5) is 34.8. The molecule has 4 rings (SSSR count). The number of amides is 2. The number of thiazole rings is 1. The number of aryl methyl sites for hydroxylation is 1. The van der Waals surface area contributed by atoms with E-state index in [1.165, 1.54) is 22.5 Å². The van der Waals surface area contributed by atoms with E-state index in [9.17, 15) is 9.59 Å². The molecule has 172 valence electrons. The van der Waals surface area contributed by atoms with Crippen LogP contribution >= 0.6 is 22.9 Å². The molecular weight excluding hydrogens is 456 g/mol. The number of aromatic nitrogens is 1. The lowest BCUT2D eigenvalue weighted by Gasteiger charge is -2.22. The van der Waals surface area contributed by atoms with Crippen molar-refractivity contribution < 1.29 is 9.59 Å². The molecule has 0 saturated carbocycles. The molecule has 1 aliphatic rings. The highest BCUT2D eigenvalue weighted by Crippen LogP contribution is 2.22. The summed E-state index contributed by atoms with van der Waals surface area (Å²) in [6.45, 7) is 4.97. The van der Waals surface area contributed by atoms with E-state index in [1.807, 2.05) is 23.2 Å². The Hall–Kier alpha value is -2.74. The summed E-state index contributed by atoms with van der Waals surface area (Å²) in [5, 5.41) is 4.01. The van der Waals surface area contributed by atoms with Gasteiger partial charge in [-0.1, -0.05) is 53.6 Å². The zero-order chi connectivity index (χ0) is 23.2. The Morgan fingerprint density at radius 3 is 2.76 bits per heavy atom. The first-order valence-electron chi connectivity index (χ1n) is 11.0. The van der Waals surface area contributed by atoms with Gasteiger partial charge in [-0.2, -0.15) is 0 Å². The smallest absolute Gasteiger partial charge is 0.255 e. The Morgan fingerprint density at radius 1 is 1.09 bits per heavy atom. The van der Waals surface area contributed by atoms with Crippen LogP contribution in [0.2, 0.25) is 5.02 Å². The van der Waals surface area contributed by atoms with Crippen molar-refractivity contribution in [3.63, 3.8) is 0 Å². The van der Waals surface area contributed by atoms with Gasteiger partial charge in [0, 0.05) is 43.7 Å². The molecule has 2 aromatic carbocycles. The number of benzene rings is 2. The van der Waals surface area contributed by atoms with Gasteiger partial charge in [0.2, 0.25) is 5.91 Å². The van der Waals surface area contributed by atoms with Gasteiger partial charge in [-0.25, -0.2) is 4.98 Å². The molecule has 1 aromatic heterocycles. The lowest BCUT2D eigenvalue weighted by Crippen LogP contribution is -2.38. The molecule has 1 aliphatic heterocycles. The van der Waals surface area contributed by atoms with Crippen molar-refractivity contribution >= 4 is 39.9 Å². The zero-order valence-electron chi connectivity index (χ0n) is 18.6. The number of hydrogen-bond donors (Lipinski definition) is 1. The van der Waals surface area contributed by atoms with Crippen molar-refractivity contribution in [3.8, 4) is 0 Å². The number of carbonyl (C=O) groups excluding carboxylic acids is 2. The van der Waals surface area contributed by atoms with Crippen LogP contribution in [0.3, 0.4) is 0 Å². The molecule has 6 nitrogen and oxygen atoms in total. The van der Waals surface area contributed by atoms with Gasteiger partial charge in [0.25, 0.3) is 5.91 Å². The third-order valence-corrected chi connectivity index (χ3v) is 6.85. The summed E-state index contributed by atoms with van der Waals surface area (Å²) in [6.07, 6.45) is 3.44. The monoisotopic (exact) mass is 482 g/mol. The molecule has 33 heavy (non-hydrogen) atoms. The van der Waals surface area contributed by atoms with Crippen molar-refractivity contribution in [1.29, 1.82) is 0 Å². The van der Waals surface area contributed by atoms with E-state index in [0.717, 1.165) is 24.3 Å². The third kappa shape index (κ3) is 6.41. The summed E-state index contributed by atoms with van der Waals surface area (Å²) < 4.78 is 0. The number of halogens is 1. The van der Waals surface area contributed by atoms with Gasteiger partial charge >= 0.3 is 0 Å². The minimum Gasteiger partial charge on any atom is -0.337 e. The molecule has 3 aromatic rings. The first kappa shape index (κ1) is 23.4. The van der Waals surface area contributed by atoms with Crippen LogP contribution in [0.15, 0.2) is 54.7 Å². The topological polar surface area (TPSA) is 65.5 Å². The molecule has 8 heteroatoms. The fourth-order valence-electron chi connectivity index (χ4n) is 3.97. The summed E-state index contributed by atoms with van der Waals surface area (Å²) in [5.41, 5.74) is 2.99. The van der Waals surface area contributed by atoms with Crippen LogP contribution in [-0.4, -0.2) is 59.3 Å². The standard InChI is InChI=1S/C25H27ClN4O2S/c1-18-6-4-7-19(14-18)15-20-16-27-25(33-20)28-23(31)17-29-10-5-11-30(13-12-29)24(32)21-8-2-3-9-22(21)26/h2-4,6-9,14,16H,5,10-13,15,17H2,1H3,(H,27,28,31). The summed E-state index contributed by atoms with van der Waals surface area (Å²) in [5.74, 6) is -0.145. The Bertz CT molecular complexity index is 1130. The predicted molar refractivity (Wildman–Crippen MR) is 133 cm³/mol. The fraction of sp³-hybridized carbons (Fsp3) is 0.320. The number of nitrogens with zero attached hydrogens (tertiary/aromatic N) is 3. The first-order chi connectivity index (χ1) is 16.0. The molecule has 0 unspecified atom stereocenters. The number of hydrogen-bond acceptors (Lipinski definition) is 5. The molecule has 0 spiro atoms. The van der Waals surface area contributed by atoms with E-state index in [1.54, 1.807) is 12.1 Å². The maximum Gasteiger partial charge on any atom is 0.255 e. The maximum absolute atomic E-state index is 12.8. The maximum atomic E-state index is 12.8.